The van der Waals surface area contributed by atoms with Gasteiger partial charge in [0.15, 0.2) is 11.9 Å². The van der Waals surface area contributed by atoms with Gasteiger partial charge in [-0.05, 0) is 44.1 Å². The molecule has 0 bridgehead atoms. The highest BCUT2D eigenvalue weighted by atomic mass is 16.6. The minimum absolute atomic E-state index is 0.0257. The number of imide groups is 1. The van der Waals surface area contributed by atoms with Crippen molar-refractivity contribution in [3.05, 3.63) is 59.9 Å². The van der Waals surface area contributed by atoms with Crippen molar-refractivity contribution in [2.75, 3.05) is 33.0 Å². The van der Waals surface area contributed by atoms with E-state index in [4.69, 9.17) is 24.1 Å². The average molecular weight is 474 g/mol. The van der Waals surface area contributed by atoms with Gasteiger partial charge in [-0.15, -0.1) is 0 Å². The minimum atomic E-state index is -1.03. The average Bonchev–Trinajstić information content (AvgIpc) is 3.15. The van der Waals surface area contributed by atoms with Crippen LogP contribution in [0.15, 0.2) is 54.3 Å². The zero-order valence-corrected chi connectivity index (χ0v) is 19.4. The van der Waals surface area contributed by atoms with Gasteiger partial charge in [-0.2, -0.15) is 0 Å². The minimum Gasteiger partial charge on any atom is -0.482 e. The lowest BCUT2D eigenvalue weighted by molar-refractivity contribution is -0.142. The summed E-state index contributed by atoms with van der Waals surface area (Å²) in [5, 5.41) is 8.65. The van der Waals surface area contributed by atoms with Gasteiger partial charge in [0.1, 0.15) is 11.9 Å². The first-order valence-corrected chi connectivity index (χ1v) is 11.4. The fourth-order valence-electron chi connectivity index (χ4n) is 3.83. The Morgan fingerprint density at radius 1 is 1.09 bits per heavy atom. The number of amides is 2. The van der Waals surface area contributed by atoms with Crippen LogP contribution in [0.4, 0.5) is 4.79 Å². The molecule has 1 saturated heterocycles. The molecule has 1 fully saturated rings. The number of carbonyl (C=O) groups is 3. The molecule has 2 amide bonds. The molecular weight excluding hydrogens is 442 g/mol. The Kier molecular flexibility index (Phi) is 9.38. The van der Waals surface area contributed by atoms with Crippen LogP contribution in [0, 0.1) is 5.92 Å². The second-order valence-corrected chi connectivity index (χ2v) is 8.07. The summed E-state index contributed by atoms with van der Waals surface area (Å²) in [5.41, 5.74) is 0.798. The van der Waals surface area contributed by atoms with E-state index in [1.807, 2.05) is 30.3 Å². The molecule has 2 heterocycles. The molecule has 0 spiro atoms. The van der Waals surface area contributed by atoms with Gasteiger partial charge in [-0.25, -0.2) is 9.69 Å². The van der Waals surface area contributed by atoms with E-state index in [2.05, 4.69) is 0 Å². The summed E-state index contributed by atoms with van der Waals surface area (Å²) in [7, 11) is 0. The fourth-order valence-corrected chi connectivity index (χ4v) is 3.83. The summed E-state index contributed by atoms with van der Waals surface area (Å²) in [6.07, 6.45) is 2.92. The highest BCUT2D eigenvalue weighted by Gasteiger charge is 2.47. The predicted octanol–water partition coefficient (Wildman–Crippen LogP) is 2.55. The van der Waals surface area contributed by atoms with Crippen LogP contribution in [-0.2, 0) is 28.5 Å². The van der Waals surface area contributed by atoms with Crippen LogP contribution in [0.2, 0.25) is 0 Å². The molecule has 3 rings (SSSR count). The Hall–Kier alpha value is -3.01. The first kappa shape index (κ1) is 25.6. The van der Waals surface area contributed by atoms with Gasteiger partial charge in [-0.1, -0.05) is 30.3 Å². The number of aliphatic hydroxyl groups excluding tert-OH is 1. The smallest absolute Gasteiger partial charge is 0.417 e. The van der Waals surface area contributed by atoms with Gasteiger partial charge in [0.25, 0.3) is 0 Å². The topological polar surface area (TPSA) is 112 Å². The second kappa shape index (κ2) is 12.5. The van der Waals surface area contributed by atoms with Crippen LogP contribution >= 0.6 is 0 Å². The highest BCUT2D eigenvalue weighted by molar-refractivity contribution is 6.01. The third-order valence-corrected chi connectivity index (χ3v) is 5.65. The summed E-state index contributed by atoms with van der Waals surface area (Å²) in [4.78, 5) is 39.3. The summed E-state index contributed by atoms with van der Waals surface area (Å²) >= 11 is 0. The number of nitrogens with zero attached hydrogens (tertiary/aromatic N) is 1. The molecule has 184 valence electrons. The van der Waals surface area contributed by atoms with Crippen molar-refractivity contribution in [1.82, 2.24) is 4.90 Å². The molecule has 34 heavy (non-hydrogen) atoms. The number of hydrogen-bond acceptors (Lipinski definition) is 8. The first-order valence-electron chi connectivity index (χ1n) is 11.4. The number of ether oxygens (including phenoxy) is 4. The monoisotopic (exact) mass is 473 g/mol. The summed E-state index contributed by atoms with van der Waals surface area (Å²) in [5.74, 6) is -1.28. The third-order valence-electron chi connectivity index (χ3n) is 5.65. The maximum Gasteiger partial charge on any atom is 0.417 e. The normalized spacial score (nSPS) is 24.3. The zero-order chi connectivity index (χ0) is 24.5. The molecule has 2 aliphatic rings. The molecule has 1 N–H and O–H groups in total. The molecule has 0 unspecified atom stereocenters. The third kappa shape index (κ3) is 6.31. The predicted molar refractivity (Wildman–Crippen MR) is 122 cm³/mol. The number of carbonyl (C=O) groups excluding carboxylic acids is 3. The van der Waals surface area contributed by atoms with Gasteiger partial charge in [0, 0.05) is 0 Å². The SMILES string of the molecule is C[C@@H]1[C@H](c2ccccc2)OC(=O)N1C(=O)[C@H](C)[C@H]1OC(=CCCOCCOCCO)C=CC1=O. The number of ketones is 1. The van der Waals surface area contributed by atoms with Crippen molar-refractivity contribution in [1.29, 1.82) is 0 Å². The quantitative estimate of drug-likeness (QED) is 0.488. The Balaban J connectivity index is 1.56. The van der Waals surface area contributed by atoms with Crippen molar-refractivity contribution >= 4 is 17.8 Å². The lowest BCUT2D eigenvalue weighted by Gasteiger charge is -2.28. The number of allylic oxidation sites excluding steroid dienone is 1. The van der Waals surface area contributed by atoms with Gasteiger partial charge in [0.2, 0.25) is 5.91 Å². The Bertz CT molecular complexity index is 913. The largest absolute Gasteiger partial charge is 0.482 e. The molecular formula is C25H31NO8. The van der Waals surface area contributed by atoms with Gasteiger partial charge in [-0.3, -0.25) is 9.59 Å². The zero-order valence-electron chi connectivity index (χ0n) is 19.4. The molecule has 9 heteroatoms. The maximum atomic E-state index is 13.2. The lowest BCUT2D eigenvalue weighted by atomic mass is 9.95. The number of hydrogen-bond donors (Lipinski definition) is 1. The van der Waals surface area contributed by atoms with Crippen LogP contribution in [0.3, 0.4) is 0 Å². The van der Waals surface area contributed by atoms with E-state index >= 15 is 0 Å². The molecule has 1 aromatic rings. The molecule has 2 aliphatic heterocycles. The maximum absolute atomic E-state index is 13.2. The van der Waals surface area contributed by atoms with Crippen LogP contribution < -0.4 is 0 Å². The van der Waals surface area contributed by atoms with Crippen LogP contribution in [0.25, 0.3) is 0 Å². The van der Waals surface area contributed by atoms with Crippen molar-refractivity contribution < 1.29 is 38.4 Å². The molecule has 4 atom stereocenters. The number of aliphatic hydroxyl groups is 1. The summed E-state index contributed by atoms with van der Waals surface area (Å²) < 4.78 is 21.8. The molecule has 0 aliphatic carbocycles. The van der Waals surface area contributed by atoms with E-state index in [0.717, 1.165) is 10.5 Å². The van der Waals surface area contributed by atoms with Gasteiger partial charge in [0.05, 0.1) is 45.0 Å². The molecule has 0 radical (unpaired) electrons. The lowest BCUT2D eigenvalue weighted by Crippen LogP contribution is -2.47. The van der Waals surface area contributed by atoms with E-state index in [-0.39, 0.29) is 19.0 Å². The Morgan fingerprint density at radius 2 is 1.79 bits per heavy atom. The van der Waals surface area contributed by atoms with Crippen molar-refractivity contribution in [3.63, 3.8) is 0 Å². The summed E-state index contributed by atoms with van der Waals surface area (Å²) in [6, 6.07) is 8.70. The van der Waals surface area contributed by atoms with E-state index < -0.39 is 36.2 Å². The van der Waals surface area contributed by atoms with E-state index in [1.165, 1.54) is 6.08 Å². The molecule has 1 aromatic carbocycles. The molecule has 0 saturated carbocycles. The fraction of sp³-hybridized carbons (Fsp3) is 0.480. The van der Waals surface area contributed by atoms with E-state index in [9.17, 15) is 14.4 Å². The van der Waals surface area contributed by atoms with Gasteiger partial charge < -0.3 is 24.1 Å². The first-order chi connectivity index (χ1) is 16.4. The van der Waals surface area contributed by atoms with Gasteiger partial charge >= 0.3 is 6.09 Å². The van der Waals surface area contributed by atoms with Crippen molar-refractivity contribution in [3.8, 4) is 0 Å². The molecule has 9 nitrogen and oxygen atoms in total. The van der Waals surface area contributed by atoms with Crippen molar-refractivity contribution in [2.45, 2.75) is 38.5 Å². The summed E-state index contributed by atoms with van der Waals surface area (Å²) in [6.45, 7) is 4.80. The van der Waals surface area contributed by atoms with E-state index in [1.54, 1.807) is 26.0 Å². The highest BCUT2D eigenvalue weighted by Crippen LogP contribution is 2.34. The number of rotatable bonds is 11. The van der Waals surface area contributed by atoms with Crippen LogP contribution in [0.1, 0.15) is 31.9 Å². The second-order valence-electron chi connectivity index (χ2n) is 8.07. The number of cyclic esters (lactones) is 1. The standard InChI is InChI=1S/C25H31NO8/c1-17(24(29)26-18(2)23(34-25(26)30)19-7-4-3-5-8-19)22-21(28)11-10-20(33-22)9-6-13-31-15-16-32-14-12-27/h3-5,7-11,17-18,22-23,27H,6,12-16H2,1-2H3/t17-,18-,22-,23-/m1/s1. The Labute approximate surface area is 198 Å². The number of benzene rings is 1. The van der Waals surface area contributed by atoms with E-state index in [0.29, 0.717) is 32.0 Å². The van der Waals surface area contributed by atoms with Crippen LogP contribution in [-0.4, -0.2) is 73.0 Å². The Morgan fingerprint density at radius 3 is 2.50 bits per heavy atom. The van der Waals surface area contributed by atoms with Crippen LogP contribution in [0.5, 0.6) is 0 Å². The van der Waals surface area contributed by atoms with Crippen molar-refractivity contribution in [2.24, 2.45) is 5.92 Å². The molecule has 0 aromatic heterocycles.